The molecule has 2 amide bonds. The minimum absolute atomic E-state index is 0.102. The summed E-state index contributed by atoms with van der Waals surface area (Å²) in [6.07, 6.45) is 0.845. The van der Waals surface area contributed by atoms with Crippen molar-refractivity contribution >= 4 is 27.5 Å². The number of nitrogens with zero attached hydrogens (tertiary/aromatic N) is 1. The number of carbonyl (C=O) groups excluding carboxylic acids is 2. The van der Waals surface area contributed by atoms with Crippen molar-refractivity contribution in [1.29, 1.82) is 0 Å². The van der Waals surface area contributed by atoms with Crippen LogP contribution >= 0.6 is 0 Å². The van der Waals surface area contributed by atoms with Crippen LogP contribution in [0.4, 0.5) is 5.69 Å². The third kappa shape index (κ3) is 3.02. The predicted molar refractivity (Wildman–Crippen MR) is 81.2 cm³/mol. The van der Waals surface area contributed by atoms with Crippen molar-refractivity contribution in [3.63, 3.8) is 0 Å². The predicted octanol–water partition coefficient (Wildman–Crippen LogP) is -0.0965. The maximum absolute atomic E-state index is 12.7. The van der Waals surface area contributed by atoms with Crippen molar-refractivity contribution < 1.29 is 22.7 Å². The lowest BCUT2D eigenvalue weighted by atomic mass is 9.98. The standard InChI is InChI=1S/C14H17N3O5S/c15-14(19)9-3-5-17(6-4-9)23(20,21)10-1-2-11-12(7-10)22-8-13(18)16-11/h1-2,7,9H,3-6,8H2,(H2,15,19)(H,16,18). The highest BCUT2D eigenvalue weighted by Crippen LogP contribution is 2.32. The van der Waals surface area contributed by atoms with Gasteiger partial charge < -0.3 is 15.8 Å². The van der Waals surface area contributed by atoms with Crippen LogP contribution in [-0.2, 0) is 19.6 Å². The maximum atomic E-state index is 12.7. The molecule has 3 rings (SSSR count). The number of piperidine rings is 1. The van der Waals surface area contributed by atoms with Gasteiger partial charge in [-0.05, 0) is 25.0 Å². The number of nitrogens with two attached hydrogens (primary N) is 1. The van der Waals surface area contributed by atoms with Gasteiger partial charge in [0.15, 0.2) is 6.61 Å². The van der Waals surface area contributed by atoms with E-state index in [0.29, 0.717) is 24.3 Å². The molecule has 0 saturated carbocycles. The Morgan fingerprint density at radius 1 is 1.30 bits per heavy atom. The summed E-state index contributed by atoms with van der Waals surface area (Å²) >= 11 is 0. The van der Waals surface area contributed by atoms with Crippen molar-refractivity contribution in [2.75, 3.05) is 25.0 Å². The molecule has 3 N–H and O–H groups in total. The number of ether oxygens (including phenoxy) is 1. The van der Waals surface area contributed by atoms with Gasteiger partial charge in [0.2, 0.25) is 15.9 Å². The average Bonchev–Trinajstić information content (AvgIpc) is 2.54. The molecule has 2 aliphatic rings. The van der Waals surface area contributed by atoms with E-state index >= 15 is 0 Å². The number of nitrogens with one attached hydrogen (secondary N) is 1. The molecule has 0 spiro atoms. The molecular weight excluding hydrogens is 322 g/mol. The van der Waals surface area contributed by atoms with Crippen LogP contribution in [0.3, 0.4) is 0 Å². The Balaban J connectivity index is 1.81. The molecule has 23 heavy (non-hydrogen) atoms. The van der Waals surface area contributed by atoms with Crippen LogP contribution in [0.2, 0.25) is 0 Å². The normalized spacial score (nSPS) is 19.6. The van der Waals surface area contributed by atoms with Gasteiger partial charge in [0.1, 0.15) is 5.75 Å². The highest BCUT2D eigenvalue weighted by molar-refractivity contribution is 7.89. The van der Waals surface area contributed by atoms with Gasteiger partial charge in [-0.2, -0.15) is 4.31 Å². The van der Waals surface area contributed by atoms with Crippen molar-refractivity contribution in [2.45, 2.75) is 17.7 Å². The summed E-state index contributed by atoms with van der Waals surface area (Å²) in [6.45, 7) is 0.371. The number of benzene rings is 1. The molecule has 1 aromatic rings. The second-order valence-corrected chi connectivity index (χ2v) is 7.51. The Hall–Kier alpha value is -2.13. The fraction of sp³-hybridized carbons (Fsp3) is 0.429. The molecule has 2 heterocycles. The number of hydrogen-bond donors (Lipinski definition) is 2. The Kier molecular flexibility index (Phi) is 3.99. The van der Waals surface area contributed by atoms with Crippen LogP contribution in [0.1, 0.15) is 12.8 Å². The highest BCUT2D eigenvalue weighted by atomic mass is 32.2. The van der Waals surface area contributed by atoms with Gasteiger partial charge in [0, 0.05) is 25.1 Å². The number of amides is 2. The number of primary amides is 1. The zero-order valence-electron chi connectivity index (χ0n) is 12.3. The number of sulfonamides is 1. The summed E-state index contributed by atoms with van der Waals surface area (Å²) in [7, 11) is -3.67. The quantitative estimate of drug-likeness (QED) is 0.797. The van der Waals surface area contributed by atoms with Gasteiger partial charge in [-0.3, -0.25) is 9.59 Å². The summed E-state index contributed by atoms with van der Waals surface area (Å²) < 4.78 is 32.0. The van der Waals surface area contributed by atoms with E-state index in [1.807, 2.05) is 0 Å². The van der Waals surface area contributed by atoms with E-state index in [-0.39, 0.29) is 42.3 Å². The molecule has 0 bridgehead atoms. The van der Waals surface area contributed by atoms with Crippen LogP contribution < -0.4 is 15.8 Å². The van der Waals surface area contributed by atoms with Crippen molar-refractivity contribution in [3.8, 4) is 5.75 Å². The highest BCUT2D eigenvalue weighted by Gasteiger charge is 2.32. The monoisotopic (exact) mass is 339 g/mol. The average molecular weight is 339 g/mol. The minimum Gasteiger partial charge on any atom is -0.482 e. The second-order valence-electron chi connectivity index (χ2n) is 5.58. The molecule has 1 saturated heterocycles. The summed E-state index contributed by atoms with van der Waals surface area (Å²) in [5, 5.41) is 2.61. The van der Waals surface area contributed by atoms with E-state index < -0.39 is 10.0 Å². The smallest absolute Gasteiger partial charge is 0.262 e. The number of anilines is 1. The van der Waals surface area contributed by atoms with E-state index in [0.717, 1.165) is 0 Å². The zero-order valence-corrected chi connectivity index (χ0v) is 13.1. The summed E-state index contributed by atoms with van der Waals surface area (Å²) in [4.78, 5) is 22.5. The maximum Gasteiger partial charge on any atom is 0.262 e. The van der Waals surface area contributed by atoms with Crippen LogP contribution in [-0.4, -0.2) is 44.2 Å². The van der Waals surface area contributed by atoms with E-state index in [4.69, 9.17) is 10.5 Å². The Labute approximate surface area is 133 Å². The number of rotatable bonds is 3. The minimum atomic E-state index is -3.67. The topological polar surface area (TPSA) is 119 Å². The molecule has 9 heteroatoms. The number of fused-ring (bicyclic) bond motifs is 1. The lowest BCUT2D eigenvalue weighted by Gasteiger charge is -2.30. The molecule has 0 aromatic heterocycles. The summed E-state index contributed by atoms with van der Waals surface area (Å²) in [5.41, 5.74) is 5.71. The third-order valence-electron chi connectivity index (χ3n) is 4.08. The van der Waals surface area contributed by atoms with E-state index in [1.165, 1.54) is 22.5 Å². The summed E-state index contributed by atoms with van der Waals surface area (Å²) in [5.74, 6) is -0.608. The van der Waals surface area contributed by atoms with Gasteiger partial charge in [0.05, 0.1) is 10.6 Å². The van der Waals surface area contributed by atoms with E-state index in [1.54, 1.807) is 0 Å². The van der Waals surface area contributed by atoms with Crippen LogP contribution in [0.5, 0.6) is 5.75 Å². The first-order valence-electron chi connectivity index (χ1n) is 7.24. The first-order valence-corrected chi connectivity index (χ1v) is 8.68. The van der Waals surface area contributed by atoms with Crippen molar-refractivity contribution in [2.24, 2.45) is 11.7 Å². The van der Waals surface area contributed by atoms with Gasteiger partial charge in [-0.1, -0.05) is 0 Å². The molecule has 1 fully saturated rings. The van der Waals surface area contributed by atoms with E-state index in [9.17, 15) is 18.0 Å². The number of carbonyl (C=O) groups is 2. The second kappa shape index (κ2) is 5.82. The Bertz CT molecular complexity index is 754. The largest absolute Gasteiger partial charge is 0.482 e. The molecule has 0 aliphatic carbocycles. The van der Waals surface area contributed by atoms with Crippen LogP contribution in [0, 0.1) is 5.92 Å². The first kappa shape index (κ1) is 15.8. The summed E-state index contributed by atoms with van der Waals surface area (Å²) in [6, 6.07) is 4.35. The van der Waals surface area contributed by atoms with Gasteiger partial charge in [-0.25, -0.2) is 8.42 Å². The molecule has 0 radical (unpaired) electrons. The van der Waals surface area contributed by atoms with Crippen LogP contribution in [0.15, 0.2) is 23.1 Å². The first-order chi connectivity index (χ1) is 10.9. The van der Waals surface area contributed by atoms with Gasteiger partial charge in [0.25, 0.3) is 5.91 Å². The fourth-order valence-electron chi connectivity index (χ4n) is 2.75. The van der Waals surface area contributed by atoms with Crippen molar-refractivity contribution in [3.05, 3.63) is 18.2 Å². The number of hydrogen-bond acceptors (Lipinski definition) is 5. The SMILES string of the molecule is NC(=O)C1CCN(S(=O)(=O)c2ccc3c(c2)OCC(=O)N3)CC1. The molecule has 0 unspecified atom stereocenters. The molecule has 2 aliphatic heterocycles. The molecule has 0 atom stereocenters. The van der Waals surface area contributed by atoms with Crippen molar-refractivity contribution in [1.82, 2.24) is 4.31 Å². The molecule has 8 nitrogen and oxygen atoms in total. The van der Waals surface area contributed by atoms with Gasteiger partial charge >= 0.3 is 0 Å². The molecule has 1 aromatic carbocycles. The van der Waals surface area contributed by atoms with E-state index in [2.05, 4.69) is 5.32 Å². The molecule has 124 valence electrons. The zero-order chi connectivity index (χ0) is 16.6. The Morgan fingerprint density at radius 2 is 2.00 bits per heavy atom. The lowest BCUT2D eigenvalue weighted by molar-refractivity contribution is -0.123. The molecular formula is C14H17N3O5S. The van der Waals surface area contributed by atoms with Gasteiger partial charge in [-0.15, -0.1) is 0 Å². The lowest BCUT2D eigenvalue weighted by Crippen LogP contribution is -2.41. The fourth-order valence-corrected chi connectivity index (χ4v) is 4.23. The van der Waals surface area contributed by atoms with Crippen LogP contribution in [0.25, 0.3) is 0 Å². The Morgan fingerprint density at radius 3 is 2.65 bits per heavy atom. The third-order valence-corrected chi connectivity index (χ3v) is 5.97.